The highest BCUT2D eigenvalue weighted by Crippen LogP contribution is 2.25. The lowest BCUT2D eigenvalue weighted by Crippen LogP contribution is -2.15. The lowest BCUT2D eigenvalue weighted by atomic mass is 10.1. The van der Waals surface area contributed by atoms with Crippen LogP contribution in [0.25, 0.3) is 0 Å². The SMILES string of the molecule is CCNc1ccncc1C(=O)Nc1cc(C)c(Br)c(C)c1. The Morgan fingerprint density at radius 1 is 1.29 bits per heavy atom. The summed E-state index contributed by atoms with van der Waals surface area (Å²) in [6.07, 6.45) is 3.24. The van der Waals surface area contributed by atoms with E-state index in [4.69, 9.17) is 0 Å². The van der Waals surface area contributed by atoms with Crippen molar-refractivity contribution in [1.82, 2.24) is 4.98 Å². The number of nitrogens with zero attached hydrogens (tertiary/aromatic N) is 1. The van der Waals surface area contributed by atoms with Gasteiger partial charge < -0.3 is 10.6 Å². The van der Waals surface area contributed by atoms with Gasteiger partial charge in [0.2, 0.25) is 0 Å². The summed E-state index contributed by atoms with van der Waals surface area (Å²) in [5, 5.41) is 6.09. The van der Waals surface area contributed by atoms with Gasteiger partial charge in [-0.3, -0.25) is 9.78 Å². The van der Waals surface area contributed by atoms with E-state index < -0.39 is 0 Å². The number of carbonyl (C=O) groups is 1. The normalized spacial score (nSPS) is 10.3. The fraction of sp³-hybridized carbons (Fsp3) is 0.250. The minimum atomic E-state index is -0.167. The molecule has 1 aromatic carbocycles. The smallest absolute Gasteiger partial charge is 0.259 e. The average molecular weight is 348 g/mol. The van der Waals surface area contributed by atoms with Gasteiger partial charge in [-0.1, -0.05) is 15.9 Å². The summed E-state index contributed by atoms with van der Waals surface area (Å²) < 4.78 is 1.07. The Labute approximate surface area is 133 Å². The first kappa shape index (κ1) is 15.5. The van der Waals surface area contributed by atoms with Crippen molar-refractivity contribution in [2.75, 3.05) is 17.2 Å². The highest BCUT2D eigenvalue weighted by molar-refractivity contribution is 9.10. The van der Waals surface area contributed by atoms with Crippen LogP contribution in [0.1, 0.15) is 28.4 Å². The van der Waals surface area contributed by atoms with E-state index in [0.29, 0.717) is 5.56 Å². The van der Waals surface area contributed by atoms with Crippen LogP contribution in [0.5, 0.6) is 0 Å². The maximum atomic E-state index is 12.4. The Kier molecular flexibility index (Phi) is 4.96. The van der Waals surface area contributed by atoms with Crippen LogP contribution in [-0.2, 0) is 0 Å². The van der Waals surface area contributed by atoms with E-state index in [2.05, 4.69) is 31.5 Å². The Hall–Kier alpha value is -1.88. The van der Waals surface area contributed by atoms with Gasteiger partial charge in [-0.2, -0.15) is 0 Å². The summed E-state index contributed by atoms with van der Waals surface area (Å²) in [4.78, 5) is 16.4. The standard InChI is InChI=1S/C16H18BrN3O/c1-4-19-14-5-6-18-9-13(14)16(21)20-12-7-10(2)15(17)11(3)8-12/h5-9H,4H2,1-3H3,(H,18,19)(H,20,21). The van der Waals surface area contributed by atoms with Gasteiger partial charge in [-0.05, 0) is 50.1 Å². The van der Waals surface area contributed by atoms with Gasteiger partial charge in [0.25, 0.3) is 5.91 Å². The molecule has 110 valence electrons. The number of anilines is 2. The zero-order valence-corrected chi connectivity index (χ0v) is 13.9. The minimum Gasteiger partial charge on any atom is -0.385 e. The van der Waals surface area contributed by atoms with Crippen molar-refractivity contribution in [2.24, 2.45) is 0 Å². The monoisotopic (exact) mass is 347 g/mol. The van der Waals surface area contributed by atoms with Gasteiger partial charge in [0.05, 0.1) is 11.3 Å². The maximum Gasteiger partial charge on any atom is 0.259 e. The summed E-state index contributed by atoms with van der Waals surface area (Å²) in [5.41, 5.74) is 4.28. The molecular weight excluding hydrogens is 330 g/mol. The molecule has 2 rings (SSSR count). The van der Waals surface area contributed by atoms with Crippen LogP contribution >= 0.6 is 15.9 Å². The number of pyridine rings is 1. The van der Waals surface area contributed by atoms with E-state index in [1.165, 1.54) is 0 Å². The van der Waals surface area contributed by atoms with E-state index in [9.17, 15) is 4.79 Å². The zero-order valence-electron chi connectivity index (χ0n) is 12.3. The first-order chi connectivity index (χ1) is 10.0. The number of carbonyl (C=O) groups excluding carboxylic acids is 1. The third kappa shape index (κ3) is 3.61. The Bertz CT molecular complexity index is 647. The molecule has 0 saturated heterocycles. The van der Waals surface area contributed by atoms with E-state index in [0.717, 1.165) is 33.5 Å². The predicted octanol–water partition coefficient (Wildman–Crippen LogP) is 4.15. The summed E-state index contributed by atoms with van der Waals surface area (Å²) in [6.45, 7) is 6.74. The Morgan fingerprint density at radius 2 is 1.95 bits per heavy atom. The molecule has 5 heteroatoms. The van der Waals surface area contributed by atoms with E-state index in [-0.39, 0.29) is 5.91 Å². The Morgan fingerprint density at radius 3 is 2.57 bits per heavy atom. The highest BCUT2D eigenvalue weighted by Gasteiger charge is 2.12. The number of aryl methyl sites for hydroxylation is 2. The number of benzene rings is 1. The van der Waals surface area contributed by atoms with Gasteiger partial charge in [0.1, 0.15) is 0 Å². The molecule has 21 heavy (non-hydrogen) atoms. The van der Waals surface area contributed by atoms with Gasteiger partial charge in [0.15, 0.2) is 0 Å². The maximum absolute atomic E-state index is 12.4. The highest BCUT2D eigenvalue weighted by atomic mass is 79.9. The van der Waals surface area contributed by atoms with Crippen LogP contribution in [0.2, 0.25) is 0 Å². The number of halogens is 1. The summed E-state index contributed by atoms with van der Waals surface area (Å²) >= 11 is 3.52. The lowest BCUT2D eigenvalue weighted by Gasteiger charge is -2.12. The van der Waals surface area contributed by atoms with E-state index >= 15 is 0 Å². The first-order valence-electron chi connectivity index (χ1n) is 6.79. The fourth-order valence-corrected chi connectivity index (χ4v) is 2.37. The number of rotatable bonds is 4. The molecule has 1 amide bonds. The number of amides is 1. The number of hydrogen-bond acceptors (Lipinski definition) is 3. The topological polar surface area (TPSA) is 54.0 Å². The van der Waals surface area contributed by atoms with Gasteiger partial charge in [-0.15, -0.1) is 0 Å². The molecule has 0 atom stereocenters. The van der Waals surface area contributed by atoms with E-state index in [1.807, 2.05) is 32.9 Å². The van der Waals surface area contributed by atoms with Gasteiger partial charge in [0, 0.05) is 29.1 Å². The molecule has 2 N–H and O–H groups in total. The van der Waals surface area contributed by atoms with Crippen molar-refractivity contribution in [2.45, 2.75) is 20.8 Å². The van der Waals surface area contributed by atoms with Crippen LogP contribution < -0.4 is 10.6 Å². The van der Waals surface area contributed by atoms with Crippen LogP contribution in [0, 0.1) is 13.8 Å². The Balaban J connectivity index is 2.26. The van der Waals surface area contributed by atoms with Gasteiger partial charge in [-0.25, -0.2) is 0 Å². The quantitative estimate of drug-likeness (QED) is 0.873. The van der Waals surface area contributed by atoms with E-state index in [1.54, 1.807) is 18.5 Å². The summed E-state index contributed by atoms with van der Waals surface area (Å²) in [7, 11) is 0. The predicted molar refractivity (Wildman–Crippen MR) is 90.0 cm³/mol. The second kappa shape index (κ2) is 6.72. The second-order valence-corrected chi connectivity index (χ2v) is 5.62. The van der Waals surface area contributed by atoms with Crippen LogP contribution in [0.3, 0.4) is 0 Å². The third-order valence-electron chi connectivity index (χ3n) is 3.13. The first-order valence-corrected chi connectivity index (χ1v) is 7.58. The lowest BCUT2D eigenvalue weighted by molar-refractivity contribution is 0.102. The molecule has 4 nitrogen and oxygen atoms in total. The molecule has 0 fully saturated rings. The van der Waals surface area contributed by atoms with Crippen LogP contribution in [0.4, 0.5) is 11.4 Å². The molecule has 2 aromatic rings. The molecule has 0 spiro atoms. The number of aromatic nitrogens is 1. The number of nitrogens with one attached hydrogen (secondary N) is 2. The molecule has 0 bridgehead atoms. The molecular formula is C16H18BrN3O. The van der Waals surface area contributed by atoms with Gasteiger partial charge >= 0.3 is 0 Å². The molecule has 0 aliphatic rings. The zero-order chi connectivity index (χ0) is 15.4. The number of hydrogen-bond donors (Lipinski definition) is 2. The fourth-order valence-electron chi connectivity index (χ4n) is 2.14. The summed E-state index contributed by atoms with van der Waals surface area (Å²) in [6, 6.07) is 5.69. The molecule has 1 aromatic heterocycles. The third-order valence-corrected chi connectivity index (χ3v) is 4.38. The molecule has 0 aliphatic carbocycles. The van der Waals surface area contributed by atoms with Crippen molar-refractivity contribution in [3.8, 4) is 0 Å². The summed E-state index contributed by atoms with van der Waals surface area (Å²) in [5.74, 6) is -0.167. The van der Waals surface area contributed by atoms with Crippen molar-refractivity contribution >= 4 is 33.2 Å². The second-order valence-electron chi connectivity index (χ2n) is 4.83. The minimum absolute atomic E-state index is 0.167. The molecule has 1 heterocycles. The molecule has 0 unspecified atom stereocenters. The van der Waals surface area contributed by atoms with Crippen molar-refractivity contribution in [3.63, 3.8) is 0 Å². The molecule has 0 aliphatic heterocycles. The molecule has 0 radical (unpaired) electrons. The van der Waals surface area contributed by atoms with Crippen molar-refractivity contribution in [3.05, 3.63) is 51.8 Å². The van der Waals surface area contributed by atoms with Crippen molar-refractivity contribution in [1.29, 1.82) is 0 Å². The average Bonchev–Trinajstić information content (AvgIpc) is 2.45. The van der Waals surface area contributed by atoms with Crippen LogP contribution in [0.15, 0.2) is 35.1 Å². The van der Waals surface area contributed by atoms with Crippen molar-refractivity contribution < 1.29 is 4.79 Å². The van der Waals surface area contributed by atoms with Crippen LogP contribution in [-0.4, -0.2) is 17.4 Å². The molecule has 0 saturated carbocycles. The largest absolute Gasteiger partial charge is 0.385 e.